The number of halogens is 1. The highest BCUT2D eigenvalue weighted by molar-refractivity contribution is 7.89. The summed E-state index contributed by atoms with van der Waals surface area (Å²) in [5, 5.41) is 9.62. The van der Waals surface area contributed by atoms with Crippen molar-refractivity contribution < 1.29 is 32.6 Å². The smallest absolute Gasteiger partial charge is 0.305 e. The summed E-state index contributed by atoms with van der Waals surface area (Å²) in [5.74, 6) is -0.717. The molecule has 1 atom stereocenters. The molecule has 9 nitrogen and oxygen atoms in total. The highest BCUT2D eigenvalue weighted by Gasteiger charge is 2.35. The molecule has 2 aromatic rings. The Labute approximate surface area is 197 Å². The second-order valence-corrected chi connectivity index (χ2v) is 10.3. The van der Waals surface area contributed by atoms with Gasteiger partial charge in [0.1, 0.15) is 0 Å². The number of sulfonamides is 1. The Morgan fingerprint density at radius 2 is 1.79 bits per heavy atom. The van der Waals surface area contributed by atoms with Gasteiger partial charge in [-0.3, -0.25) is 9.59 Å². The molecule has 11 heteroatoms. The van der Waals surface area contributed by atoms with Crippen molar-refractivity contribution in [3.8, 4) is 11.5 Å². The van der Waals surface area contributed by atoms with Crippen LogP contribution in [0.25, 0.3) is 0 Å². The Morgan fingerprint density at radius 3 is 2.36 bits per heavy atom. The van der Waals surface area contributed by atoms with E-state index in [1.165, 1.54) is 51.4 Å². The van der Waals surface area contributed by atoms with Crippen LogP contribution < -0.4 is 9.47 Å². The molecule has 0 spiro atoms. The van der Waals surface area contributed by atoms with Crippen LogP contribution in [0.1, 0.15) is 33.9 Å². The molecule has 0 saturated carbocycles. The standard InChI is InChI=1S/C22H25ClN2O7S/c1-24(2)33(29,30)14-5-6-17(23)16(10-14)22(28)25-8-7-13-9-19(31-3)20(32-4)11-15(13)18(25)12-21(26)27/h5-6,9-11,18H,7-8,12H2,1-4H3,(H,26,27). The van der Waals surface area contributed by atoms with Gasteiger partial charge in [0, 0.05) is 20.6 Å². The van der Waals surface area contributed by atoms with Gasteiger partial charge in [-0.15, -0.1) is 0 Å². The Balaban J connectivity index is 2.09. The number of nitrogens with zero attached hydrogens (tertiary/aromatic N) is 2. The Hall–Kier alpha value is -2.82. The molecule has 1 aliphatic heterocycles. The van der Waals surface area contributed by atoms with E-state index < -0.39 is 27.9 Å². The maximum absolute atomic E-state index is 13.5. The van der Waals surface area contributed by atoms with Gasteiger partial charge in [-0.1, -0.05) is 11.6 Å². The van der Waals surface area contributed by atoms with Crippen LogP contribution in [-0.2, 0) is 21.2 Å². The lowest BCUT2D eigenvalue weighted by Gasteiger charge is -2.37. The molecule has 3 rings (SSSR count). The predicted octanol–water partition coefficient (Wildman–Crippen LogP) is 2.82. The van der Waals surface area contributed by atoms with Gasteiger partial charge in [-0.2, -0.15) is 0 Å². The first-order valence-electron chi connectivity index (χ1n) is 10.0. The van der Waals surface area contributed by atoms with Crippen LogP contribution in [0.4, 0.5) is 0 Å². The molecule has 0 aliphatic carbocycles. The van der Waals surface area contributed by atoms with Crippen molar-refractivity contribution in [1.82, 2.24) is 9.21 Å². The molecule has 0 saturated heterocycles. The molecular weight excluding hydrogens is 472 g/mol. The minimum atomic E-state index is -3.80. The third-order valence-corrected chi connectivity index (χ3v) is 7.72. The van der Waals surface area contributed by atoms with Crippen LogP contribution >= 0.6 is 11.6 Å². The quantitative estimate of drug-likeness (QED) is 0.627. The summed E-state index contributed by atoms with van der Waals surface area (Å²) in [6.07, 6.45) is 0.104. The molecule has 1 unspecified atom stereocenters. The van der Waals surface area contributed by atoms with E-state index in [4.69, 9.17) is 21.1 Å². The summed E-state index contributed by atoms with van der Waals surface area (Å²) in [6.45, 7) is 0.222. The number of carbonyl (C=O) groups is 2. The van der Waals surface area contributed by atoms with E-state index in [0.717, 1.165) is 9.87 Å². The average Bonchev–Trinajstić information content (AvgIpc) is 2.77. The van der Waals surface area contributed by atoms with Crippen LogP contribution in [0.5, 0.6) is 11.5 Å². The van der Waals surface area contributed by atoms with Crippen LogP contribution in [0.2, 0.25) is 5.02 Å². The highest BCUT2D eigenvalue weighted by Crippen LogP contribution is 2.40. The summed E-state index contributed by atoms with van der Waals surface area (Å²) in [7, 11) is 1.95. The van der Waals surface area contributed by atoms with Crippen molar-refractivity contribution >= 4 is 33.5 Å². The summed E-state index contributed by atoms with van der Waals surface area (Å²) >= 11 is 6.27. The number of ether oxygens (including phenoxy) is 2. The Morgan fingerprint density at radius 1 is 1.15 bits per heavy atom. The normalized spacial score (nSPS) is 15.8. The molecule has 0 aromatic heterocycles. The van der Waals surface area contributed by atoms with Crippen molar-refractivity contribution in [2.45, 2.75) is 23.8 Å². The number of amides is 1. The third kappa shape index (κ3) is 4.78. The van der Waals surface area contributed by atoms with Crippen LogP contribution in [0.15, 0.2) is 35.2 Å². The number of benzene rings is 2. The second-order valence-electron chi connectivity index (χ2n) is 7.70. The third-order valence-electron chi connectivity index (χ3n) is 5.58. The summed E-state index contributed by atoms with van der Waals surface area (Å²) in [5.41, 5.74) is 1.46. The fraction of sp³-hybridized carbons (Fsp3) is 0.364. The second kappa shape index (κ2) is 9.58. The van der Waals surface area contributed by atoms with E-state index in [9.17, 15) is 23.1 Å². The van der Waals surface area contributed by atoms with Crippen molar-refractivity contribution in [2.75, 3.05) is 34.9 Å². The van der Waals surface area contributed by atoms with E-state index in [1.54, 1.807) is 12.1 Å². The molecule has 178 valence electrons. The number of hydrogen-bond acceptors (Lipinski definition) is 6. The molecule has 1 aliphatic rings. The summed E-state index contributed by atoms with van der Waals surface area (Å²) < 4.78 is 36.8. The van der Waals surface area contributed by atoms with Crippen LogP contribution in [-0.4, -0.2) is 69.5 Å². The molecule has 2 aromatic carbocycles. The fourth-order valence-corrected chi connectivity index (χ4v) is 4.98. The molecule has 1 heterocycles. The molecular formula is C22H25ClN2O7S. The predicted molar refractivity (Wildman–Crippen MR) is 122 cm³/mol. The molecule has 0 bridgehead atoms. The Bertz CT molecular complexity index is 1200. The van der Waals surface area contributed by atoms with Gasteiger partial charge in [0.25, 0.3) is 5.91 Å². The molecule has 0 radical (unpaired) electrons. The molecule has 1 N–H and O–H groups in total. The SMILES string of the molecule is COc1cc2c(cc1OC)C(CC(=O)O)N(C(=O)c1cc(S(=O)(=O)N(C)C)ccc1Cl)CC2. The van der Waals surface area contributed by atoms with Crippen LogP contribution in [0, 0.1) is 0 Å². The van der Waals surface area contributed by atoms with Gasteiger partial charge in [0.2, 0.25) is 10.0 Å². The minimum absolute atomic E-state index is 0.0149. The lowest BCUT2D eigenvalue weighted by Crippen LogP contribution is -2.41. The summed E-state index contributed by atoms with van der Waals surface area (Å²) in [4.78, 5) is 26.5. The fourth-order valence-electron chi connectivity index (χ4n) is 3.85. The average molecular weight is 497 g/mol. The van der Waals surface area contributed by atoms with Gasteiger partial charge in [-0.25, -0.2) is 12.7 Å². The number of hydrogen-bond donors (Lipinski definition) is 1. The molecule has 0 fully saturated rings. The van der Waals surface area contributed by atoms with Crippen LogP contribution in [0.3, 0.4) is 0 Å². The van der Waals surface area contributed by atoms with E-state index in [0.29, 0.717) is 23.5 Å². The van der Waals surface area contributed by atoms with Gasteiger partial charge >= 0.3 is 5.97 Å². The number of methoxy groups -OCH3 is 2. The lowest BCUT2D eigenvalue weighted by atomic mass is 9.89. The zero-order valence-electron chi connectivity index (χ0n) is 18.7. The first kappa shape index (κ1) is 24.8. The summed E-state index contributed by atoms with van der Waals surface area (Å²) in [6, 6.07) is 6.55. The Kier molecular flexibility index (Phi) is 7.20. The first-order valence-corrected chi connectivity index (χ1v) is 11.8. The van der Waals surface area contributed by atoms with Crippen molar-refractivity contribution in [1.29, 1.82) is 0 Å². The van der Waals surface area contributed by atoms with Gasteiger partial charge in [0.15, 0.2) is 11.5 Å². The molecule has 1 amide bonds. The maximum Gasteiger partial charge on any atom is 0.305 e. The maximum atomic E-state index is 13.5. The van der Waals surface area contributed by atoms with Gasteiger partial charge in [-0.05, 0) is 47.9 Å². The van der Waals surface area contributed by atoms with E-state index in [2.05, 4.69) is 0 Å². The number of carboxylic acids is 1. The van der Waals surface area contributed by atoms with E-state index in [-0.39, 0.29) is 28.4 Å². The van der Waals surface area contributed by atoms with Crippen molar-refractivity contribution in [3.05, 3.63) is 52.0 Å². The van der Waals surface area contributed by atoms with Crippen molar-refractivity contribution in [2.24, 2.45) is 0 Å². The zero-order valence-corrected chi connectivity index (χ0v) is 20.2. The molecule has 33 heavy (non-hydrogen) atoms. The highest BCUT2D eigenvalue weighted by atomic mass is 35.5. The van der Waals surface area contributed by atoms with Gasteiger partial charge < -0.3 is 19.5 Å². The monoisotopic (exact) mass is 496 g/mol. The topological polar surface area (TPSA) is 113 Å². The first-order chi connectivity index (χ1) is 15.5. The van der Waals surface area contributed by atoms with E-state index in [1.807, 2.05) is 0 Å². The number of fused-ring (bicyclic) bond motifs is 1. The van der Waals surface area contributed by atoms with E-state index >= 15 is 0 Å². The minimum Gasteiger partial charge on any atom is -0.493 e. The zero-order chi connectivity index (χ0) is 24.5. The van der Waals surface area contributed by atoms with Gasteiger partial charge in [0.05, 0.1) is 42.2 Å². The lowest BCUT2D eigenvalue weighted by molar-refractivity contribution is -0.138. The largest absolute Gasteiger partial charge is 0.493 e. The van der Waals surface area contributed by atoms with Crippen molar-refractivity contribution in [3.63, 3.8) is 0 Å². The number of aliphatic carboxylic acids is 1. The number of carboxylic acid groups (broad SMARTS) is 1. The number of carbonyl (C=O) groups excluding carboxylic acids is 1. The number of rotatable bonds is 7.